The quantitative estimate of drug-likeness (QED) is 0.122. The van der Waals surface area contributed by atoms with Crippen LogP contribution >= 0.6 is 0 Å². The predicted octanol–water partition coefficient (Wildman–Crippen LogP) is 24.8. The van der Waals surface area contributed by atoms with Crippen molar-refractivity contribution in [2.75, 3.05) is 0 Å². The molecule has 0 fully saturated rings. The molecule has 0 aliphatic heterocycles. The summed E-state index contributed by atoms with van der Waals surface area (Å²) in [7, 11) is 0. The van der Waals surface area contributed by atoms with Crippen molar-refractivity contribution in [2.24, 2.45) is 0 Å². The lowest BCUT2D eigenvalue weighted by atomic mass is 9.67. The Hall–Kier alpha value is -13.4. The maximum Gasteiger partial charge on any atom is 0.160 e. The maximum atomic E-state index is 5.14. The molecule has 0 radical (unpaired) electrons. The molecular weight excluding hydrogens is 1260 g/mol. The number of benzene rings is 13. The Kier molecular flexibility index (Phi) is 16.1. The minimum Gasteiger partial charge on any atom is -0.264 e. The van der Waals surface area contributed by atoms with E-state index in [2.05, 4.69) is 345 Å². The van der Waals surface area contributed by atoms with Crippen molar-refractivity contribution in [1.29, 1.82) is 0 Å². The van der Waals surface area contributed by atoms with Gasteiger partial charge in [-0.25, -0.2) is 15.0 Å². The number of hydrogen-bond acceptors (Lipinski definition) is 5. The molecule has 0 amide bonds. The fraction of sp³-hybridized carbons (Fsp3) is 0.0404. The molecule has 0 spiro atoms. The summed E-state index contributed by atoms with van der Waals surface area (Å²) in [4.78, 5) is 23.9. The van der Waals surface area contributed by atoms with Crippen molar-refractivity contribution in [3.05, 3.63) is 416 Å². The first-order chi connectivity index (χ1) is 51.3. The third kappa shape index (κ3) is 11.5. The van der Waals surface area contributed by atoms with Gasteiger partial charge in [-0.2, -0.15) is 0 Å². The van der Waals surface area contributed by atoms with Gasteiger partial charge in [0.25, 0.3) is 0 Å². The van der Waals surface area contributed by atoms with E-state index in [1.54, 1.807) is 12.4 Å². The Morgan fingerprint density at radius 2 is 0.615 bits per heavy atom. The Labute approximate surface area is 607 Å². The summed E-state index contributed by atoms with van der Waals surface area (Å²) in [6.07, 6.45) is 7.39. The molecule has 17 aromatic rings. The lowest BCUT2D eigenvalue weighted by Gasteiger charge is -2.33. The van der Waals surface area contributed by atoms with Crippen molar-refractivity contribution < 1.29 is 0 Å². The zero-order chi connectivity index (χ0) is 69.6. The molecule has 2 aliphatic rings. The molecule has 13 aromatic carbocycles. The largest absolute Gasteiger partial charge is 0.264 e. The third-order valence-corrected chi connectivity index (χ3v) is 21.1. The standard InChI is InChI=1S/C52H35N3.C47H34N2/c1-4-13-40(14-5-1)51-54-49(34-50(55-51)39-28-24-37(25-29-39)42-15-12-32-53-35-42)38-26-22-36(23-27-38)41-30-31-48-46(33-41)45-20-10-11-21-47(45)52(48,43-16-6-2-7-17-43)44-18-8-3-9-19-44;1-47(2)42-24-23-37(27-41(42)46-40-13-7-6-9-34(40)22-25-43(46)47)31-14-16-33(17-15-31)39-28-44(35-10-4-3-5-11-35)49-45(29-39)36-20-18-32(19-21-36)38-12-8-26-48-30-38/h1-35H;3-30H,1-2H3. The first-order valence-electron chi connectivity index (χ1n) is 35.6. The summed E-state index contributed by atoms with van der Waals surface area (Å²) in [5, 5.41) is 2.62. The number of nitrogens with zero attached hydrogens (tertiary/aromatic N) is 5. The van der Waals surface area contributed by atoms with Crippen LogP contribution in [0.25, 0.3) is 145 Å². The van der Waals surface area contributed by atoms with Crippen LogP contribution in [-0.2, 0) is 10.8 Å². The van der Waals surface area contributed by atoms with Gasteiger partial charge in [0.1, 0.15) is 0 Å². The summed E-state index contributed by atoms with van der Waals surface area (Å²) < 4.78 is 0. The second kappa shape index (κ2) is 26.6. The van der Waals surface area contributed by atoms with Crippen LogP contribution in [0.5, 0.6) is 0 Å². The van der Waals surface area contributed by atoms with Crippen LogP contribution in [0.4, 0.5) is 0 Å². The predicted molar refractivity (Wildman–Crippen MR) is 429 cm³/mol. The average molecular weight is 1330 g/mol. The van der Waals surface area contributed by atoms with Crippen molar-refractivity contribution in [3.63, 3.8) is 0 Å². The molecule has 0 saturated carbocycles. The monoisotopic (exact) mass is 1330 g/mol. The Morgan fingerprint density at radius 1 is 0.231 bits per heavy atom. The number of rotatable bonds is 12. The van der Waals surface area contributed by atoms with Gasteiger partial charge in [0, 0.05) is 58.0 Å². The average Bonchev–Trinajstić information content (AvgIpc) is 1.54. The van der Waals surface area contributed by atoms with E-state index in [0.717, 1.165) is 89.5 Å². The molecule has 2 aliphatic carbocycles. The van der Waals surface area contributed by atoms with Gasteiger partial charge in [-0.15, -0.1) is 0 Å². The Morgan fingerprint density at radius 3 is 1.14 bits per heavy atom. The van der Waals surface area contributed by atoms with Gasteiger partial charge in [0.05, 0.1) is 28.2 Å². The third-order valence-electron chi connectivity index (χ3n) is 21.1. The molecule has 0 bridgehead atoms. The normalized spacial score (nSPS) is 12.7. The van der Waals surface area contributed by atoms with Gasteiger partial charge in [-0.3, -0.25) is 9.97 Å². The number of hydrogen-bond donors (Lipinski definition) is 0. The highest BCUT2D eigenvalue weighted by Crippen LogP contribution is 2.57. The number of aromatic nitrogens is 5. The van der Waals surface area contributed by atoms with E-state index in [1.807, 2.05) is 48.8 Å². The molecule has 0 atom stereocenters. The van der Waals surface area contributed by atoms with Crippen LogP contribution in [0, 0.1) is 0 Å². The van der Waals surface area contributed by atoms with Crippen molar-refractivity contribution in [1.82, 2.24) is 24.9 Å². The van der Waals surface area contributed by atoms with Crippen LogP contribution in [-0.4, -0.2) is 24.9 Å². The molecule has 0 unspecified atom stereocenters. The van der Waals surface area contributed by atoms with E-state index in [-0.39, 0.29) is 5.41 Å². The summed E-state index contributed by atoms with van der Waals surface area (Å²) in [5.41, 5.74) is 33.2. The molecule has 19 rings (SSSR count). The van der Waals surface area contributed by atoms with E-state index >= 15 is 0 Å². The van der Waals surface area contributed by atoms with Gasteiger partial charge in [0.2, 0.25) is 0 Å². The van der Waals surface area contributed by atoms with Crippen molar-refractivity contribution >= 4 is 10.8 Å². The molecule has 0 N–H and O–H groups in total. The van der Waals surface area contributed by atoms with Crippen molar-refractivity contribution in [3.8, 4) is 134 Å². The van der Waals surface area contributed by atoms with E-state index < -0.39 is 5.41 Å². The van der Waals surface area contributed by atoms with Gasteiger partial charge in [0.15, 0.2) is 5.82 Å². The zero-order valence-corrected chi connectivity index (χ0v) is 57.6. The highest BCUT2D eigenvalue weighted by molar-refractivity contribution is 6.03. The highest BCUT2D eigenvalue weighted by Gasteiger charge is 2.46. The number of fused-ring (bicyclic) bond motifs is 8. The van der Waals surface area contributed by atoms with E-state index in [4.69, 9.17) is 15.0 Å². The van der Waals surface area contributed by atoms with E-state index in [0.29, 0.717) is 5.82 Å². The van der Waals surface area contributed by atoms with Gasteiger partial charge >= 0.3 is 0 Å². The highest BCUT2D eigenvalue weighted by atomic mass is 14.9. The van der Waals surface area contributed by atoms with Crippen molar-refractivity contribution in [2.45, 2.75) is 24.7 Å². The maximum absolute atomic E-state index is 5.14. The molecule has 4 heterocycles. The molecule has 4 aromatic heterocycles. The minimum atomic E-state index is -0.406. The lowest BCUT2D eigenvalue weighted by Crippen LogP contribution is -2.28. The summed E-state index contributed by atoms with van der Waals surface area (Å²) in [5.74, 6) is 0.700. The first-order valence-corrected chi connectivity index (χ1v) is 35.6. The van der Waals surface area contributed by atoms with Crippen LogP contribution < -0.4 is 0 Å². The fourth-order valence-corrected chi connectivity index (χ4v) is 15.8. The zero-order valence-electron chi connectivity index (χ0n) is 57.6. The lowest BCUT2D eigenvalue weighted by molar-refractivity contribution is 0.661. The minimum absolute atomic E-state index is 0.0360. The van der Waals surface area contributed by atoms with Crippen LogP contribution in [0.1, 0.15) is 47.2 Å². The molecule has 490 valence electrons. The SMILES string of the molecule is CC1(C)c2ccc(-c3ccc(-c4cc(-c5ccccc5)nc(-c5ccc(-c6cccnc6)cc5)c4)cc3)cc2-c2c1ccc1ccccc21.c1ccc(-c2nc(-c3ccc(-c4cccnc4)cc3)cc(-c3ccc(-c4ccc5c(c4)-c4ccccc4C5(c4ccccc4)c4ccccc4)cc3)n2)cc1. The summed E-state index contributed by atoms with van der Waals surface area (Å²) in [6, 6.07) is 128. The second-order valence-corrected chi connectivity index (χ2v) is 27.5. The Bertz CT molecular complexity index is 5950. The summed E-state index contributed by atoms with van der Waals surface area (Å²) >= 11 is 0. The van der Waals surface area contributed by atoms with E-state index in [9.17, 15) is 0 Å². The number of pyridine rings is 3. The molecule has 0 saturated heterocycles. The van der Waals surface area contributed by atoms with Crippen LogP contribution in [0.15, 0.2) is 383 Å². The van der Waals surface area contributed by atoms with Crippen LogP contribution in [0.2, 0.25) is 0 Å². The topological polar surface area (TPSA) is 64.5 Å². The fourth-order valence-electron chi connectivity index (χ4n) is 15.8. The molecule has 5 heteroatoms. The Balaban J connectivity index is 0.000000149. The first kappa shape index (κ1) is 62.9. The summed E-state index contributed by atoms with van der Waals surface area (Å²) in [6.45, 7) is 4.70. The molecule has 104 heavy (non-hydrogen) atoms. The van der Waals surface area contributed by atoms with Gasteiger partial charge in [-0.05, 0) is 165 Å². The molecule has 5 nitrogen and oxygen atoms in total. The smallest absolute Gasteiger partial charge is 0.160 e. The molecular formula is C99H69N5. The van der Waals surface area contributed by atoms with Crippen LogP contribution in [0.3, 0.4) is 0 Å². The van der Waals surface area contributed by atoms with Gasteiger partial charge in [-0.1, -0.05) is 329 Å². The second-order valence-electron chi connectivity index (χ2n) is 27.5. The van der Waals surface area contributed by atoms with E-state index in [1.165, 1.54) is 83.1 Å². The van der Waals surface area contributed by atoms with Gasteiger partial charge < -0.3 is 0 Å².